The van der Waals surface area contributed by atoms with Gasteiger partial charge in [-0.05, 0) is 41.1 Å². The molecule has 0 unspecified atom stereocenters. The van der Waals surface area contributed by atoms with Gasteiger partial charge in [0, 0.05) is 5.56 Å². The predicted octanol–water partition coefficient (Wildman–Crippen LogP) is 5.17. The maximum absolute atomic E-state index is 13.1. The molecule has 5 rings (SSSR count). The average Bonchev–Trinajstić information content (AvgIpc) is 3.32. The number of benzene rings is 3. The second-order valence-electron chi connectivity index (χ2n) is 7.16. The summed E-state index contributed by atoms with van der Waals surface area (Å²) >= 11 is 1.27. The molecule has 0 radical (unpaired) electrons. The number of thioether (sulfide) groups is 1. The van der Waals surface area contributed by atoms with Crippen molar-refractivity contribution in [1.29, 1.82) is 0 Å². The molecule has 6 heteroatoms. The minimum Gasteiger partial charge on any atom is -0.467 e. The summed E-state index contributed by atoms with van der Waals surface area (Å²) < 4.78 is 7.00. The van der Waals surface area contributed by atoms with E-state index in [0.717, 1.165) is 10.8 Å². The molecule has 2 heterocycles. The van der Waals surface area contributed by atoms with E-state index in [2.05, 4.69) is 4.98 Å². The second kappa shape index (κ2) is 8.24. The lowest BCUT2D eigenvalue weighted by Gasteiger charge is -2.12. The van der Waals surface area contributed by atoms with Gasteiger partial charge in [0.1, 0.15) is 5.76 Å². The van der Waals surface area contributed by atoms with E-state index in [-0.39, 0.29) is 23.6 Å². The lowest BCUT2D eigenvalue weighted by Crippen LogP contribution is -2.24. The Morgan fingerprint density at radius 3 is 2.58 bits per heavy atom. The SMILES string of the molecule is O=C(CSc1nc2ccccc2c(=O)n1Cc1ccco1)c1ccc2ccccc2c1. The molecule has 0 aliphatic heterocycles. The molecule has 0 amide bonds. The van der Waals surface area contributed by atoms with Crippen molar-refractivity contribution in [2.75, 3.05) is 5.75 Å². The van der Waals surface area contributed by atoms with Crippen molar-refractivity contribution in [3.05, 3.63) is 107 Å². The van der Waals surface area contributed by atoms with Crippen LogP contribution in [-0.4, -0.2) is 21.1 Å². The van der Waals surface area contributed by atoms with Gasteiger partial charge in [0.15, 0.2) is 10.9 Å². The van der Waals surface area contributed by atoms with Crippen molar-refractivity contribution >= 4 is 39.2 Å². The van der Waals surface area contributed by atoms with Crippen LogP contribution in [0.15, 0.2) is 99.5 Å². The van der Waals surface area contributed by atoms with Crippen LogP contribution in [0.2, 0.25) is 0 Å². The number of Topliss-reactive ketones (excluding diaryl/α,β-unsaturated/α-hetero) is 1. The van der Waals surface area contributed by atoms with Crippen LogP contribution in [0.5, 0.6) is 0 Å². The number of furan rings is 1. The molecule has 0 bridgehead atoms. The first-order chi connectivity index (χ1) is 15.2. The van der Waals surface area contributed by atoms with Gasteiger partial charge in [-0.15, -0.1) is 0 Å². The van der Waals surface area contributed by atoms with Gasteiger partial charge in [0.2, 0.25) is 0 Å². The number of fused-ring (bicyclic) bond motifs is 2. The molecule has 3 aromatic carbocycles. The molecular formula is C25H18N2O3S. The van der Waals surface area contributed by atoms with Crippen molar-refractivity contribution in [2.24, 2.45) is 0 Å². The van der Waals surface area contributed by atoms with E-state index >= 15 is 0 Å². The summed E-state index contributed by atoms with van der Waals surface area (Å²) in [5.74, 6) is 0.825. The first-order valence-corrected chi connectivity index (χ1v) is 10.8. The zero-order chi connectivity index (χ0) is 21.2. The van der Waals surface area contributed by atoms with Crippen molar-refractivity contribution in [3.8, 4) is 0 Å². The molecule has 0 spiro atoms. The fourth-order valence-corrected chi connectivity index (χ4v) is 4.42. The van der Waals surface area contributed by atoms with E-state index in [1.54, 1.807) is 23.0 Å². The van der Waals surface area contributed by atoms with E-state index in [9.17, 15) is 9.59 Å². The van der Waals surface area contributed by atoms with Gasteiger partial charge in [0.05, 0.1) is 29.5 Å². The van der Waals surface area contributed by atoms with Crippen LogP contribution in [0.1, 0.15) is 16.1 Å². The average molecular weight is 426 g/mol. The molecule has 0 saturated carbocycles. The molecule has 5 aromatic rings. The number of nitrogens with zero attached hydrogens (tertiary/aromatic N) is 2. The molecule has 0 aliphatic rings. The van der Waals surface area contributed by atoms with Gasteiger partial charge in [-0.2, -0.15) is 0 Å². The van der Waals surface area contributed by atoms with Gasteiger partial charge >= 0.3 is 0 Å². The van der Waals surface area contributed by atoms with E-state index in [4.69, 9.17) is 4.42 Å². The number of para-hydroxylation sites is 1. The Morgan fingerprint density at radius 2 is 1.74 bits per heavy atom. The summed E-state index contributed by atoms with van der Waals surface area (Å²) in [6.45, 7) is 0.260. The number of ketones is 1. The third-order valence-electron chi connectivity index (χ3n) is 5.12. The molecule has 152 valence electrons. The van der Waals surface area contributed by atoms with E-state index in [1.165, 1.54) is 11.8 Å². The third-order valence-corrected chi connectivity index (χ3v) is 6.10. The third kappa shape index (κ3) is 3.90. The largest absolute Gasteiger partial charge is 0.467 e. The smallest absolute Gasteiger partial charge is 0.262 e. The monoisotopic (exact) mass is 426 g/mol. The Hall–Kier alpha value is -3.64. The predicted molar refractivity (Wildman–Crippen MR) is 123 cm³/mol. The van der Waals surface area contributed by atoms with Crippen LogP contribution in [0, 0.1) is 0 Å². The quantitative estimate of drug-likeness (QED) is 0.213. The summed E-state index contributed by atoms with van der Waals surface area (Å²) in [4.78, 5) is 30.7. The second-order valence-corrected chi connectivity index (χ2v) is 8.10. The zero-order valence-electron chi connectivity index (χ0n) is 16.5. The zero-order valence-corrected chi connectivity index (χ0v) is 17.3. The Balaban J connectivity index is 1.47. The van der Waals surface area contributed by atoms with Crippen LogP contribution < -0.4 is 5.56 Å². The highest BCUT2D eigenvalue weighted by atomic mass is 32.2. The highest BCUT2D eigenvalue weighted by Gasteiger charge is 2.15. The van der Waals surface area contributed by atoms with Gasteiger partial charge in [-0.1, -0.05) is 60.3 Å². The van der Waals surface area contributed by atoms with Crippen LogP contribution in [0.3, 0.4) is 0 Å². The number of carbonyl (C=O) groups excluding carboxylic acids is 1. The van der Waals surface area contributed by atoms with Crippen LogP contribution in [0.25, 0.3) is 21.7 Å². The fourth-order valence-electron chi connectivity index (χ4n) is 3.53. The highest BCUT2D eigenvalue weighted by molar-refractivity contribution is 7.99. The highest BCUT2D eigenvalue weighted by Crippen LogP contribution is 2.22. The lowest BCUT2D eigenvalue weighted by molar-refractivity contribution is 0.102. The summed E-state index contributed by atoms with van der Waals surface area (Å²) in [5, 5.41) is 3.15. The molecule has 0 aliphatic carbocycles. The molecule has 0 atom stereocenters. The van der Waals surface area contributed by atoms with Crippen molar-refractivity contribution in [1.82, 2.24) is 9.55 Å². The maximum Gasteiger partial charge on any atom is 0.262 e. The maximum atomic E-state index is 13.1. The van der Waals surface area contributed by atoms with Gasteiger partial charge in [-0.25, -0.2) is 4.98 Å². The topological polar surface area (TPSA) is 65.1 Å². The van der Waals surface area contributed by atoms with Gasteiger partial charge < -0.3 is 4.42 Å². The molecular weight excluding hydrogens is 408 g/mol. The molecule has 0 N–H and O–H groups in total. The first-order valence-electron chi connectivity index (χ1n) is 9.86. The molecule has 31 heavy (non-hydrogen) atoms. The molecule has 0 saturated heterocycles. The minimum atomic E-state index is -0.150. The van der Waals surface area contributed by atoms with Crippen LogP contribution in [0.4, 0.5) is 0 Å². The number of aromatic nitrogens is 2. The number of hydrogen-bond acceptors (Lipinski definition) is 5. The number of carbonyl (C=O) groups is 1. The van der Waals surface area contributed by atoms with E-state index in [1.807, 2.05) is 66.7 Å². The van der Waals surface area contributed by atoms with Gasteiger partial charge in [-0.3, -0.25) is 14.2 Å². The molecule has 0 fully saturated rings. The fraction of sp³-hybridized carbons (Fsp3) is 0.0800. The van der Waals surface area contributed by atoms with E-state index < -0.39 is 0 Å². The summed E-state index contributed by atoms with van der Waals surface area (Å²) in [6.07, 6.45) is 1.57. The summed E-state index contributed by atoms with van der Waals surface area (Å²) in [5.41, 5.74) is 1.11. The van der Waals surface area contributed by atoms with Crippen molar-refractivity contribution < 1.29 is 9.21 Å². The molecule has 5 nitrogen and oxygen atoms in total. The number of rotatable bonds is 6. The van der Waals surface area contributed by atoms with Crippen LogP contribution >= 0.6 is 11.8 Å². The molecule has 2 aromatic heterocycles. The Bertz CT molecular complexity index is 1460. The summed E-state index contributed by atoms with van der Waals surface area (Å²) in [6, 6.07) is 24.5. The van der Waals surface area contributed by atoms with Crippen LogP contribution in [-0.2, 0) is 6.54 Å². The minimum absolute atomic E-state index is 0.0114. The lowest BCUT2D eigenvalue weighted by atomic mass is 10.1. The van der Waals surface area contributed by atoms with E-state index in [0.29, 0.717) is 27.4 Å². The van der Waals surface area contributed by atoms with Crippen molar-refractivity contribution in [2.45, 2.75) is 11.7 Å². The Morgan fingerprint density at radius 1 is 0.935 bits per heavy atom. The standard InChI is InChI=1S/C25H18N2O3S/c28-23(19-12-11-17-6-1-2-7-18(17)14-19)16-31-25-26-22-10-4-3-9-21(22)24(29)27(25)15-20-8-5-13-30-20/h1-14H,15-16H2. The summed E-state index contributed by atoms with van der Waals surface area (Å²) in [7, 11) is 0. The normalized spacial score (nSPS) is 11.2. The van der Waals surface area contributed by atoms with Gasteiger partial charge in [0.25, 0.3) is 5.56 Å². The van der Waals surface area contributed by atoms with Crippen molar-refractivity contribution in [3.63, 3.8) is 0 Å². The Labute approximate surface area is 182 Å². The first kappa shape index (κ1) is 19.3. The number of hydrogen-bond donors (Lipinski definition) is 0. The Kier molecular flexibility index (Phi) is 5.14.